The Hall–Kier alpha value is -3.70. The molecule has 1 amide bonds. The molecule has 0 heterocycles. The highest BCUT2D eigenvalue weighted by Crippen LogP contribution is 2.28. The number of carbonyl (C=O) groups is 1. The second-order valence-corrected chi connectivity index (χ2v) is 7.47. The number of amides is 1. The zero-order chi connectivity index (χ0) is 20.6. The van der Waals surface area contributed by atoms with Crippen LogP contribution in [0, 0.1) is 0 Å². The summed E-state index contributed by atoms with van der Waals surface area (Å²) in [7, 11) is 0. The third-order valence-electron chi connectivity index (χ3n) is 4.38. The molecule has 4 rings (SSSR count). The van der Waals surface area contributed by atoms with Gasteiger partial charge in [0.2, 0.25) is 0 Å². The van der Waals surface area contributed by atoms with Crippen LogP contribution in [-0.2, 0) is 0 Å². The number of hydrogen-bond acceptors (Lipinski definition) is 4. The lowest BCUT2D eigenvalue weighted by Gasteiger charge is -2.15. The molecule has 5 heteroatoms. The van der Waals surface area contributed by atoms with E-state index in [1.165, 1.54) is 11.9 Å². The molecule has 0 fully saturated rings. The molecule has 3 N–H and O–H groups in total. The molecule has 0 saturated carbocycles. The minimum atomic E-state index is -0.173. The topological polar surface area (TPSA) is 53.2 Å². The monoisotopic (exact) mass is 411 g/mol. The first-order chi connectivity index (χ1) is 14.8. The first kappa shape index (κ1) is 19.6. The van der Waals surface area contributed by atoms with Crippen LogP contribution in [0.1, 0.15) is 10.4 Å². The molecule has 0 aliphatic heterocycles. The second-order valence-electron chi connectivity index (χ2n) is 6.59. The van der Waals surface area contributed by atoms with Gasteiger partial charge in [-0.2, -0.15) is 0 Å². The Kier molecular flexibility index (Phi) is 6.32. The third-order valence-corrected chi connectivity index (χ3v) is 5.22. The largest absolute Gasteiger partial charge is 0.355 e. The van der Waals surface area contributed by atoms with Gasteiger partial charge in [-0.1, -0.05) is 54.6 Å². The van der Waals surface area contributed by atoms with Gasteiger partial charge in [0.15, 0.2) is 0 Å². The molecule has 0 aromatic heterocycles. The van der Waals surface area contributed by atoms with Crippen LogP contribution < -0.4 is 15.4 Å². The van der Waals surface area contributed by atoms with E-state index in [4.69, 9.17) is 0 Å². The van der Waals surface area contributed by atoms with E-state index in [2.05, 4.69) is 15.4 Å². The van der Waals surface area contributed by atoms with Crippen molar-refractivity contribution in [3.8, 4) is 0 Å². The van der Waals surface area contributed by atoms with Gasteiger partial charge in [0.1, 0.15) is 0 Å². The van der Waals surface area contributed by atoms with Gasteiger partial charge in [0, 0.05) is 22.0 Å². The standard InChI is InChI=1S/C25H21N3OS/c29-25(27-20-12-6-2-7-13-20)23-18-21(28-30-22-14-8-3-9-15-22)16-17-24(23)26-19-10-4-1-5-11-19/h1-18,26,28H,(H,27,29). The molecule has 148 valence electrons. The summed E-state index contributed by atoms with van der Waals surface area (Å²) >= 11 is 1.51. The summed E-state index contributed by atoms with van der Waals surface area (Å²) in [5.41, 5.74) is 3.82. The quantitative estimate of drug-likeness (QED) is 0.293. The van der Waals surface area contributed by atoms with Gasteiger partial charge < -0.3 is 15.4 Å². The van der Waals surface area contributed by atoms with Crippen molar-refractivity contribution in [3.05, 3.63) is 115 Å². The van der Waals surface area contributed by atoms with E-state index in [0.717, 1.165) is 27.6 Å². The number of anilines is 4. The molecule has 0 radical (unpaired) electrons. The maximum atomic E-state index is 13.1. The molecule has 0 spiro atoms. The first-order valence-electron chi connectivity index (χ1n) is 9.58. The zero-order valence-corrected chi connectivity index (χ0v) is 17.0. The molecule has 0 aliphatic carbocycles. The number of carbonyl (C=O) groups excluding carboxylic acids is 1. The van der Waals surface area contributed by atoms with Crippen molar-refractivity contribution in [2.45, 2.75) is 4.90 Å². The molecule has 30 heavy (non-hydrogen) atoms. The Morgan fingerprint density at radius 1 is 0.633 bits per heavy atom. The molecule has 0 aliphatic rings. The number of benzene rings is 4. The van der Waals surface area contributed by atoms with Gasteiger partial charge in [0.25, 0.3) is 5.91 Å². The lowest BCUT2D eigenvalue weighted by molar-refractivity contribution is 0.102. The van der Waals surface area contributed by atoms with E-state index >= 15 is 0 Å². The van der Waals surface area contributed by atoms with E-state index < -0.39 is 0 Å². The highest BCUT2D eigenvalue weighted by atomic mass is 32.2. The van der Waals surface area contributed by atoms with Crippen LogP contribution in [0.25, 0.3) is 0 Å². The average molecular weight is 412 g/mol. The summed E-state index contributed by atoms with van der Waals surface area (Å²) in [6.07, 6.45) is 0. The van der Waals surface area contributed by atoms with E-state index in [1.807, 2.05) is 109 Å². The van der Waals surface area contributed by atoms with Crippen LogP contribution in [0.4, 0.5) is 22.7 Å². The maximum Gasteiger partial charge on any atom is 0.257 e. The highest BCUT2D eigenvalue weighted by Gasteiger charge is 2.13. The van der Waals surface area contributed by atoms with Crippen LogP contribution in [0.2, 0.25) is 0 Å². The Morgan fingerprint density at radius 2 is 1.23 bits per heavy atom. The maximum absolute atomic E-state index is 13.1. The van der Waals surface area contributed by atoms with Crippen molar-refractivity contribution in [2.75, 3.05) is 15.4 Å². The third kappa shape index (κ3) is 5.21. The van der Waals surface area contributed by atoms with Crippen LogP contribution >= 0.6 is 11.9 Å². The fraction of sp³-hybridized carbons (Fsp3) is 0. The van der Waals surface area contributed by atoms with Crippen molar-refractivity contribution in [1.82, 2.24) is 0 Å². The van der Waals surface area contributed by atoms with Crippen molar-refractivity contribution in [2.24, 2.45) is 0 Å². The van der Waals surface area contributed by atoms with Crippen LogP contribution in [0.3, 0.4) is 0 Å². The predicted octanol–water partition coefficient (Wildman–Crippen LogP) is 6.80. The van der Waals surface area contributed by atoms with Gasteiger partial charge in [-0.3, -0.25) is 4.79 Å². The lowest BCUT2D eigenvalue weighted by Crippen LogP contribution is -2.14. The van der Waals surface area contributed by atoms with Crippen LogP contribution in [0.5, 0.6) is 0 Å². The second kappa shape index (κ2) is 9.67. The predicted molar refractivity (Wildman–Crippen MR) is 126 cm³/mol. The van der Waals surface area contributed by atoms with Gasteiger partial charge in [0.05, 0.1) is 11.3 Å². The van der Waals surface area contributed by atoms with Crippen molar-refractivity contribution >= 4 is 40.6 Å². The van der Waals surface area contributed by atoms with Crippen molar-refractivity contribution < 1.29 is 4.79 Å². The van der Waals surface area contributed by atoms with E-state index in [9.17, 15) is 4.79 Å². The van der Waals surface area contributed by atoms with Gasteiger partial charge in [-0.05, 0) is 66.5 Å². The molecule has 4 nitrogen and oxygen atoms in total. The molecule has 0 saturated heterocycles. The van der Waals surface area contributed by atoms with Gasteiger partial charge in [-0.15, -0.1) is 0 Å². The normalized spacial score (nSPS) is 10.3. The molecule has 4 aromatic carbocycles. The molecule has 0 unspecified atom stereocenters. The SMILES string of the molecule is O=C(Nc1ccccc1)c1cc(NSc2ccccc2)ccc1Nc1ccccc1. The van der Waals surface area contributed by atoms with E-state index in [0.29, 0.717) is 5.56 Å². The lowest BCUT2D eigenvalue weighted by atomic mass is 10.1. The van der Waals surface area contributed by atoms with E-state index in [1.54, 1.807) is 0 Å². The number of rotatable bonds is 7. The molecular weight excluding hydrogens is 390 g/mol. The molecule has 0 bridgehead atoms. The van der Waals surface area contributed by atoms with Crippen molar-refractivity contribution in [3.63, 3.8) is 0 Å². The minimum absolute atomic E-state index is 0.173. The first-order valence-corrected chi connectivity index (χ1v) is 10.4. The number of nitrogens with one attached hydrogen (secondary N) is 3. The van der Waals surface area contributed by atoms with Gasteiger partial charge >= 0.3 is 0 Å². The summed E-state index contributed by atoms with van der Waals surface area (Å²) in [5, 5.41) is 6.32. The Morgan fingerprint density at radius 3 is 1.90 bits per heavy atom. The van der Waals surface area contributed by atoms with Gasteiger partial charge in [-0.25, -0.2) is 0 Å². The summed E-state index contributed by atoms with van der Waals surface area (Å²) in [4.78, 5) is 14.2. The van der Waals surface area contributed by atoms with Crippen molar-refractivity contribution in [1.29, 1.82) is 0 Å². The number of hydrogen-bond donors (Lipinski definition) is 3. The number of para-hydroxylation sites is 2. The Bertz CT molecular complexity index is 1100. The van der Waals surface area contributed by atoms with E-state index in [-0.39, 0.29) is 5.91 Å². The molecular formula is C25H21N3OS. The zero-order valence-electron chi connectivity index (χ0n) is 16.2. The fourth-order valence-electron chi connectivity index (χ4n) is 2.91. The minimum Gasteiger partial charge on any atom is -0.355 e. The Balaban J connectivity index is 1.59. The summed E-state index contributed by atoms with van der Waals surface area (Å²) < 4.78 is 3.32. The summed E-state index contributed by atoms with van der Waals surface area (Å²) in [6, 6.07) is 35.0. The smallest absolute Gasteiger partial charge is 0.257 e. The fourth-order valence-corrected chi connectivity index (χ4v) is 3.56. The highest BCUT2D eigenvalue weighted by molar-refractivity contribution is 8.00. The average Bonchev–Trinajstić information content (AvgIpc) is 2.80. The molecule has 0 atom stereocenters. The Labute approximate surface area is 180 Å². The van der Waals surface area contributed by atoms with Crippen LogP contribution in [-0.4, -0.2) is 5.91 Å². The molecule has 4 aromatic rings. The summed E-state index contributed by atoms with van der Waals surface area (Å²) in [5.74, 6) is -0.173. The summed E-state index contributed by atoms with van der Waals surface area (Å²) in [6.45, 7) is 0. The van der Waals surface area contributed by atoms with Crippen LogP contribution in [0.15, 0.2) is 114 Å².